The minimum atomic E-state index is 0. The average molecular weight is 228 g/mol. The third-order valence-electron chi connectivity index (χ3n) is 1.13. The summed E-state index contributed by atoms with van der Waals surface area (Å²) in [5.74, 6) is 1.40. The monoisotopic (exact) mass is 228 g/mol. The van der Waals surface area contributed by atoms with Crippen molar-refractivity contribution in [3.63, 3.8) is 0 Å². The quantitative estimate of drug-likeness (QED) is 0.604. The molecule has 0 aromatic rings. The minimum Gasteiger partial charge on any atom is -0.310 e. The van der Waals surface area contributed by atoms with Gasteiger partial charge in [0.15, 0.2) is 0 Å². The Balaban J connectivity index is -0.0000000793. The molecule has 1 aliphatic heterocycles. The molecule has 0 fully saturated rings. The van der Waals surface area contributed by atoms with E-state index in [0.29, 0.717) is 5.92 Å². The largest absolute Gasteiger partial charge is 0.310 e. The zero-order valence-electron chi connectivity index (χ0n) is 11.3. The average Bonchev–Trinajstić information content (AvgIpc) is 2.58. The first-order valence-corrected chi connectivity index (χ1v) is 5.50. The first kappa shape index (κ1) is 24.5. The molecule has 0 aliphatic carbocycles. The fraction of sp³-hybridized carbons (Fsp3) is 0.833. The fourth-order valence-electron chi connectivity index (χ4n) is 0.569. The minimum absolute atomic E-state index is 0. The zero-order valence-corrected chi connectivity index (χ0v) is 11.3. The molecule has 3 radical (unpaired) electrons. The van der Waals surface area contributed by atoms with Crippen LogP contribution in [0.15, 0.2) is 11.9 Å². The lowest BCUT2D eigenvalue weighted by Crippen LogP contribution is -2.32. The summed E-state index contributed by atoms with van der Waals surface area (Å²) in [5, 5.41) is 0. The van der Waals surface area contributed by atoms with E-state index in [4.69, 9.17) is 0 Å². The molecular formula is C12H31BN3. The Morgan fingerprint density at radius 3 is 1.50 bits per heavy atom. The molecule has 97 valence electrons. The van der Waals surface area contributed by atoms with Crippen LogP contribution in [0.2, 0.25) is 0 Å². The second kappa shape index (κ2) is 16.8. The number of hydrogen-bond donors (Lipinski definition) is 3. The lowest BCUT2D eigenvalue weighted by Gasteiger charge is -2.03. The Bertz CT molecular complexity index is 142. The van der Waals surface area contributed by atoms with E-state index in [1.54, 1.807) is 0 Å². The molecule has 1 heterocycles. The Morgan fingerprint density at radius 2 is 1.38 bits per heavy atom. The fourth-order valence-corrected chi connectivity index (χ4v) is 0.569. The molecule has 0 spiro atoms. The van der Waals surface area contributed by atoms with Crippen LogP contribution in [0.25, 0.3) is 0 Å². The number of allylic oxidation sites excluding steroid dienone is 1. The molecule has 4 heteroatoms. The summed E-state index contributed by atoms with van der Waals surface area (Å²) in [6.07, 6.45) is 1.92. The summed E-state index contributed by atoms with van der Waals surface area (Å²) in [5.41, 5.74) is 9.75. The van der Waals surface area contributed by atoms with Crippen molar-refractivity contribution in [3.05, 3.63) is 11.9 Å². The van der Waals surface area contributed by atoms with E-state index in [0.717, 1.165) is 5.92 Å². The van der Waals surface area contributed by atoms with Gasteiger partial charge in [0.25, 0.3) is 0 Å². The van der Waals surface area contributed by atoms with Gasteiger partial charge in [-0.25, -0.2) is 0 Å². The Labute approximate surface area is 105 Å². The van der Waals surface area contributed by atoms with Crippen molar-refractivity contribution in [1.29, 1.82) is 0 Å². The van der Waals surface area contributed by atoms with Crippen LogP contribution in [-0.2, 0) is 0 Å². The van der Waals surface area contributed by atoms with Crippen molar-refractivity contribution < 1.29 is 0 Å². The van der Waals surface area contributed by atoms with Crippen LogP contribution in [0.1, 0.15) is 55.9 Å². The van der Waals surface area contributed by atoms with E-state index in [1.807, 2.05) is 20.0 Å². The second-order valence-electron chi connectivity index (χ2n) is 3.88. The summed E-state index contributed by atoms with van der Waals surface area (Å²) in [4.78, 5) is 0. The Morgan fingerprint density at radius 1 is 1.00 bits per heavy atom. The molecule has 0 unspecified atom stereocenters. The van der Waals surface area contributed by atoms with Crippen LogP contribution in [-0.4, -0.2) is 8.41 Å². The zero-order chi connectivity index (χ0) is 11.6. The maximum Gasteiger partial charge on any atom is 0.0476 e. The maximum atomic E-state index is 2.96. The van der Waals surface area contributed by atoms with E-state index >= 15 is 0 Å². The van der Waals surface area contributed by atoms with Gasteiger partial charge in [0.2, 0.25) is 0 Å². The highest BCUT2D eigenvalue weighted by Gasteiger charge is 2.04. The molecule has 0 atom stereocenters. The molecule has 1 aliphatic rings. The highest BCUT2D eigenvalue weighted by atomic mass is 15.6. The van der Waals surface area contributed by atoms with Gasteiger partial charge < -0.3 is 10.9 Å². The number of hydrazine groups is 2. The van der Waals surface area contributed by atoms with Gasteiger partial charge in [0, 0.05) is 20.3 Å². The van der Waals surface area contributed by atoms with Crippen molar-refractivity contribution in [2.45, 2.75) is 55.9 Å². The van der Waals surface area contributed by atoms with Gasteiger partial charge in [-0.1, -0.05) is 55.9 Å². The van der Waals surface area contributed by atoms with Crippen LogP contribution >= 0.6 is 0 Å². The number of rotatable bonds is 1. The molecule has 3 N–H and O–H groups in total. The van der Waals surface area contributed by atoms with E-state index in [9.17, 15) is 0 Å². The molecule has 3 nitrogen and oxygen atoms in total. The van der Waals surface area contributed by atoms with E-state index in [-0.39, 0.29) is 15.8 Å². The lowest BCUT2D eigenvalue weighted by molar-refractivity contribution is 0.564. The highest BCUT2D eigenvalue weighted by Crippen LogP contribution is 2.03. The van der Waals surface area contributed by atoms with Gasteiger partial charge in [-0.15, -0.1) is 0 Å². The van der Waals surface area contributed by atoms with Crippen LogP contribution in [0.3, 0.4) is 0 Å². The van der Waals surface area contributed by atoms with Crippen molar-refractivity contribution in [3.8, 4) is 0 Å². The first-order valence-electron chi connectivity index (χ1n) is 5.50. The SMILES string of the molecule is C.CC.CC(C)C.CC(C)C1=CNNN1.[B]. The maximum absolute atomic E-state index is 2.96. The third kappa shape index (κ3) is 19.0. The smallest absolute Gasteiger partial charge is 0.0476 e. The van der Waals surface area contributed by atoms with Crippen LogP contribution in [0.5, 0.6) is 0 Å². The van der Waals surface area contributed by atoms with E-state index < -0.39 is 0 Å². The van der Waals surface area contributed by atoms with Gasteiger partial charge in [0.05, 0.1) is 0 Å². The van der Waals surface area contributed by atoms with Crippen molar-refractivity contribution in [2.24, 2.45) is 11.8 Å². The molecule has 16 heavy (non-hydrogen) atoms. The molecule has 0 saturated heterocycles. The van der Waals surface area contributed by atoms with Gasteiger partial charge in [-0.3, -0.25) is 0 Å². The summed E-state index contributed by atoms with van der Waals surface area (Å²) in [6, 6.07) is 0. The summed E-state index contributed by atoms with van der Waals surface area (Å²) >= 11 is 0. The van der Waals surface area contributed by atoms with Crippen molar-refractivity contribution in [2.75, 3.05) is 0 Å². The third-order valence-corrected chi connectivity index (χ3v) is 1.13. The topological polar surface area (TPSA) is 36.1 Å². The summed E-state index contributed by atoms with van der Waals surface area (Å²) in [6.45, 7) is 14.8. The molecule has 0 saturated carbocycles. The Hall–Kier alpha value is -0.635. The second-order valence-corrected chi connectivity index (χ2v) is 3.88. The molecule has 0 aromatic heterocycles. The molecule has 0 amide bonds. The van der Waals surface area contributed by atoms with Gasteiger partial charge >= 0.3 is 0 Å². The predicted molar refractivity (Wildman–Crippen MR) is 76.7 cm³/mol. The van der Waals surface area contributed by atoms with Gasteiger partial charge in [-0.2, -0.15) is 5.53 Å². The van der Waals surface area contributed by atoms with Crippen LogP contribution in [0.4, 0.5) is 0 Å². The van der Waals surface area contributed by atoms with Crippen LogP contribution < -0.4 is 16.4 Å². The molecule has 0 aromatic carbocycles. The number of nitrogens with one attached hydrogen (secondary N) is 3. The summed E-state index contributed by atoms with van der Waals surface area (Å²) in [7, 11) is 0. The van der Waals surface area contributed by atoms with Crippen molar-refractivity contribution >= 4 is 8.41 Å². The van der Waals surface area contributed by atoms with Crippen molar-refractivity contribution in [1.82, 2.24) is 16.4 Å². The van der Waals surface area contributed by atoms with Crippen LogP contribution in [0, 0.1) is 11.8 Å². The molecule has 0 bridgehead atoms. The van der Waals surface area contributed by atoms with E-state index in [1.165, 1.54) is 5.70 Å². The molecule has 1 rings (SSSR count). The highest BCUT2D eigenvalue weighted by molar-refractivity contribution is 5.75. The van der Waals surface area contributed by atoms with Gasteiger partial charge in [0.1, 0.15) is 0 Å². The van der Waals surface area contributed by atoms with E-state index in [2.05, 4.69) is 51.0 Å². The standard InChI is InChI=1S/C5H11N3.C4H10.C2H6.CH4.B/c1-4(2)5-3-6-8-7-5;1-4(2)3;1-2;;/h3-4,6-8H,1-2H3;4H,1-3H3;1-2H3;1H4;. The number of hydrogen-bond acceptors (Lipinski definition) is 3. The predicted octanol–water partition coefficient (Wildman–Crippen LogP) is 3.04. The van der Waals surface area contributed by atoms with Gasteiger partial charge in [-0.05, 0) is 11.8 Å². The summed E-state index contributed by atoms with van der Waals surface area (Å²) < 4.78 is 0. The first-order chi connectivity index (χ1) is 6.54. The molecular weight excluding hydrogens is 197 g/mol. The lowest BCUT2D eigenvalue weighted by atomic mass is 10.2. The normalized spacial score (nSPS) is 11.4. The Kier molecular flexibility index (Phi) is 25.7.